The molecule has 2 N–H and O–H groups in total. The van der Waals surface area contributed by atoms with Gasteiger partial charge in [-0.1, -0.05) is 40.2 Å². The van der Waals surface area contributed by atoms with Crippen molar-refractivity contribution in [3.63, 3.8) is 0 Å². The Bertz CT molecular complexity index is 935. The second-order valence-electron chi connectivity index (χ2n) is 6.30. The van der Waals surface area contributed by atoms with Gasteiger partial charge in [-0.25, -0.2) is 0 Å². The van der Waals surface area contributed by atoms with Crippen molar-refractivity contribution in [3.8, 4) is 11.1 Å². The summed E-state index contributed by atoms with van der Waals surface area (Å²) in [6, 6.07) is 18.7. The first-order valence-corrected chi connectivity index (χ1v) is 9.09. The minimum Gasteiger partial charge on any atom is -0.323 e. The van der Waals surface area contributed by atoms with Gasteiger partial charge in [0.05, 0.1) is 5.69 Å². The van der Waals surface area contributed by atoms with Crippen molar-refractivity contribution in [2.24, 2.45) is 10.7 Å². The average Bonchev–Trinajstić information content (AvgIpc) is 3.06. The number of halogens is 1. The second-order valence-corrected chi connectivity index (χ2v) is 7.22. The Kier molecular flexibility index (Phi) is 4.47. The van der Waals surface area contributed by atoms with E-state index in [0.717, 1.165) is 39.8 Å². The molecule has 4 heteroatoms. The smallest absolute Gasteiger partial charge is 0.0671 e. The van der Waals surface area contributed by atoms with Crippen molar-refractivity contribution < 1.29 is 0 Å². The van der Waals surface area contributed by atoms with E-state index in [1.54, 1.807) is 0 Å². The van der Waals surface area contributed by atoms with Crippen LogP contribution in [0, 0.1) is 0 Å². The van der Waals surface area contributed by atoms with Gasteiger partial charge in [0.2, 0.25) is 0 Å². The first-order chi connectivity index (χ1) is 12.2. The molecule has 0 fully saturated rings. The van der Waals surface area contributed by atoms with Gasteiger partial charge in [-0.2, -0.15) is 0 Å². The Balaban J connectivity index is 1.55. The van der Waals surface area contributed by atoms with E-state index in [-0.39, 0.29) is 6.04 Å². The molecular formula is C21H18BrN3. The highest BCUT2D eigenvalue weighted by atomic mass is 79.9. The Morgan fingerprint density at radius 3 is 2.64 bits per heavy atom. The molecule has 2 aromatic carbocycles. The molecule has 1 atom stereocenters. The molecule has 3 aromatic rings. The maximum absolute atomic E-state index is 6.44. The summed E-state index contributed by atoms with van der Waals surface area (Å²) in [7, 11) is 0. The molecule has 0 bridgehead atoms. The lowest BCUT2D eigenvalue weighted by Gasteiger charge is -2.11. The van der Waals surface area contributed by atoms with Gasteiger partial charge in [0.1, 0.15) is 0 Å². The zero-order chi connectivity index (χ0) is 17.2. The van der Waals surface area contributed by atoms with Gasteiger partial charge < -0.3 is 5.73 Å². The highest BCUT2D eigenvalue weighted by Crippen LogP contribution is 2.32. The van der Waals surface area contributed by atoms with Crippen molar-refractivity contribution in [3.05, 3.63) is 82.6 Å². The minimum absolute atomic E-state index is 0.0638. The molecule has 0 spiro atoms. The summed E-state index contributed by atoms with van der Waals surface area (Å²) in [5.74, 6) is 0. The van der Waals surface area contributed by atoms with Gasteiger partial charge in [0.25, 0.3) is 0 Å². The monoisotopic (exact) mass is 391 g/mol. The molecular weight excluding hydrogens is 374 g/mol. The lowest BCUT2D eigenvalue weighted by atomic mass is 9.98. The topological polar surface area (TPSA) is 51.3 Å². The summed E-state index contributed by atoms with van der Waals surface area (Å²) in [5, 5.41) is 0. The average molecular weight is 392 g/mol. The fourth-order valence-corrected chi connectivity index (χ4v) is 3.63. The molecule has 0 aliphatic carbocycles. The van der Waals surface area contributed by atoms with Crippen LogP contribution in [0.3, 0.4) is 0 Å². The van der Waals surface area contributed by atoms with Crippen molar-refractivity contribution >= 4 is 27.3 Å². The summed E-state index contributed by atoms with van der Waals surface area (Å²) >= 11 is 3.51. The molecule has 2 heterocycles. The predicted octanol–water partition coefficient (Wildman–Crippen LogP) is 4.71. The van der Waals surface area contributed by atoms with Crippen molar-refractivity contribution in [2.45, 2.75) is 18.9 Å². The third kappa shape index (κ3) is 3.55. The lowest BCUT2D eigenvalue weighted by molar-refractivity contribution is 0.839. The first-order valence-electron chi connectivity index (χ1n) is 8.30. The number of pyridine rings is 1. The van der Waals surface area contributed by atoms with E-state index in [1.165, 1.54) is 11.1 Å². The summed E-state index contributed by atoms with van der Waals surface area (Å²) in [5.41, 5.74) is 13.3. The Morgan fingerprint density at radius 2 is 1.84 bits per heavy atom. The van der Waals surface area contributed by atoms with Gasteiger partial charge in [-0.15, -0.1) is 0 Å². The van der Waals surface area contributed by atoms with Gasteiger partial charge >= 0.3 is 0 Å². The Morgan fingerprint density at radius 1 is 1.00 bits per heavy atom. The van der Waals surface area contributed by atoms with Crippen LogP contribution in [0.1, 0.15) is 11.1 Å². The van der Waals surface area contributed by atoms with Gasteiger partial charge in [-0.3, -0.25) is 9.98 Å². The van der Waals surface area contributed by atoms with Crippen LogP contribution in [0.25, 0.3) is 11.1 Å². The number of nitrogens with two attached hydrogens (primary N) is 1. The van der Waals surface area contributed by atoms with E-state index in [0.29, 0.717) is 0 Å². The third-order valence-electron chi connectivity index (χ3n) is 4.51. The number of fused-ring (bicyclic) bond motifs is 1. The molecule has 4 rings (SSSR count). The number of hydrogen-bond donors (Lipinski definition) is 1. The molecule has 0 saturated heterocycles. The molecule has 3 nitrogen and oxygen atoms in total. The largest absolute Gasteiger partial charge is 0.323 e. The highest BCUT2D eigenvalue weighted by molar-refractivity contribution is 9.10. The van der Waals surface area contributed by atoms with Crippen LogP contribution in [-0.2, 0) is 12.8 Å². The van der Waals surface area contributed by atoms with Gasteiger partial charge in [0, 0.05) is 35.0 Å². The predicted molar refractivity (Wildman–Crippen MR) is 106 cm³/mol. The molecule has 0 saturated carbocycles. The van der Waals surface area contributed by atoms with Crippen molar-refractivity contribution in [1.29, 1.82) is 0 Å². The fourth-order valence-electron chi connectivity index (χ4n) is 3.18. The highest BCUT2D eigenvalue weighted by Gasteiger charge is 2.20. The SMILES string of the molecule is N[C@H](Cc1cccc(Br)c1)C1=Nc2cc(-c3ccncc3)ccc2C1. The van der Waals surface area contributed by atoms with Crippen LogP contribution in [0.5, 0.6) is 0 Å². The molecule has 1 aromatic heterocycles. The Labute approximate surface area is 155 Å². The van der Waals surface area contributed by atoms with E-state index in [4.69, 9.17) is 10.7 Å². The molecule has 25 heavy (non-hydrogen) atoms. The van der Waals surface area contributed by atoms with Crippen LogP contribution < -0.4 is 5.73 Å². The van der Waals surface area contributed by atoms with Crippen LogP contribution >= 0.6 is 15.9 Å². The number of aromatic nitrogens is 1. The molecule has 1 aliphatic rings. The van der Waals surface area contributed by atoms with E-state index in [2.05, 4.69) is 51.2 Å². The zero-order valence-corrected chi connectivity index (χ0v) is 15.3. The van der Waals surface area contributed by atoms with Gasteiger partial charge in [-0.05, 0) is 59.0 Å². The van der Waals surface area contributed by atoms with Crippen LogP contribution in [0.15, 0.2) is 76.5 Å². The zero-order valence-electron chi connectivity index (χ0n) is 13.7. The number of benzene rings is 2. The summed E-state index contributed by atoms with van der Waals surface area (Å²) < 4.78 is 1.08. The van der Waals surface area contributed by atoms with E-state index < -0.39 is 0 Å². The van der Waals surface area contributed by atoms with E-state index >= 15 is 0 Å². The third-order valence-corrected chi connectivity index (χ3v) is 5.00. The van der Waals surface area contributed by atoms with E-state index in [9.17, 15) is 0 Å². The summed E-state index contributed by atoms with van der Waals surface area (Å²) in [6.07, 6.45) is 5.25. The van der Waals surface area contributed by atoms with Crippen LogP contribution in [0.2, 0.25) is 0 Å². The van der Waals surface area contributed by atoms with Crippen molar-refractivity contribution in [2.75, 3.05) is 0 Å². The molecule has 1 aliphatic heterocycles. The number of hydrogen-bond acceptors (Lipinski definition) is 3. The maximum Gasteiger partial charge on any atom is 0.0671 e. The van der Waals surface area contributed by atoms with Crippen molar-refractivity contribution in [1.82, 2.24) is 4.98 Å². The lowest BCUT2D eigenvalue weighted by Crippen LogP contribution is -2.32. The van der Waals surface area contributed by atoms with E-state index in [1.807, 2.05) is 36.7 Å². The van der Waals surface area contributed by atoms with Gasteiger partial charge in [0.15, 0.2) is 0 Å². The maximum atomic E-state index is 6.44. The minimum atomic E-state index is -0.0638. The molecule has 0 amide bonds. The molecule has 0 unspecified atom stereocenters. The number of nitrogens with zero attached hydrogens (tertiary/aromatic N) is 2. The quantitative estimate of drug-likeness (QED) is 0.699. The second kappa shape index (κ2) is 6.90. The van der Waals surface area contributed by atoms with Crippen LogP contribution in [0.4, 0.5) is 5.69 Å². The number of rotatable bonds is 4. The van der Waals surface area contributed by atoms with Crippen LogP contribution in [-0.4, -0.2) is 16.7 Å². The normalized spacial score (nSPS) is 14.1. The Hall–Kier alpha value is -2.30. The molecule has 0 radical (unpaired) electrons. The summed E-state index contributed by atoms with van der Waals surface area (Å²) in [4.78, 5) is 8.90. The standard InChI is InChI=1S/C21H18BrN3/c22-18-3-1-2-14(10-18)11-19(23)21-13-17-5-4-16(12-20(17)25-21)15-6-8-24-9-7-15/h1-10,12,19H,11,13,23H2/t19-/m1/s1. The summed E-state index contributed by atoms with van der Waals surface area (Å²) in [6.45, 7) is 0. The molecule has 124 valence electrons. The first kappa shape index (κ1) is 16.2. The number of aliphatic imine (C=N–C) groups is 1. The fraction of sp³-hybridized carbons (Fsp3) is 0.143.